The van der Waals surface area contributed by atoms with Gasteiger partial charge in [0.1, 0.15) is 5.75 Å². The van der Waals surface area contributed by atoms with E-state index in [2.05, 4.69) is 6.92 Å². The Morgan fingerprint density at radius 3 is 3.07 bits per heavy atom. The summed E-state index contributed by atoms with van der Waals surface area (Å²) in [5.41, 5.74) is 0.986. The van der Waals surface area contributed by atoms with Crippen LogP contribution in [0.2, 0.25) is 0 Å². The van der Waals surface area contributed by atoms with Gasteiger partial charge in [-0.3, -0.25) is 0 Å². The number of benzene rings is 1. The van der Waals surface area contributed by atoms with Crippen molar-refractivity contribution in [3.63, 3.8) is 0 Å². The van der Waals surface area contributed by atoms with E-state index in [1.807, 2.05) is 30.3 Å². The van der Waals surface area contributed by atoms with Gasteiger partial charge in [-0.1, -0.05) is 19.1 Å². The van der Waals surface area contributed by atoms with Crippen LogP contribution in [0.15, 0.2) is 30.3 Å². The van der Waals surface area contributed by atoms with E-state index in [1.54, 1.807) is 6.08 Å². The molecule has 0 aliphatic rings. The van der Waals surface area contributed by atoms with Gasteiger partial charge in [0.25, 0.3) is 0 Å². The van der Waals surface area contributed by atoms with Gasteiger partial charge in [-0.25, -0.2) is 0 Å². The van der Waals surface area contributed by atoms with E-state index in [9.17, 15) is 0 Å². The van der Waals surface area contributed by atoms with E-state index in [1.165, 1.54) is 6.08 Å². The number of allylic oxidation sites excluding steroid dienone is 1. The van der Waals surface area contributed by atoms with Crippen molar-refractivity contribution in [3.8, 4) is 11.8 Å². The predicted molar refractivity (Wildman–Crippen MR) is 56.9 cm³/mol. The third kappa shape index (κ3) is 3.32. The minimum atomic E-state index is 0.728. The van der Waals surface area contributed by atoms with Gasteiger partial charge in [-0.05, 0) is 30.2 Å². The minimum absolute atomic E-state index is 0.728. The molecule has 0 bridgehead atoms. The molecule has 0 amide bonds. The molecule has 0 aromatic heterocycles. The van der Waals surface area contributed by atoms with Gasteiger partial charge in [0, 0.05) is 6.08 Å². The highest BCUT2D eigenvalue weighted by atomic mass is 16.5. The average molecular weight is 187 g/mol. The molecule has 0 unspecified atom stereocenters. The molecule has 0 aliphatic heterocycles. The molecule has 1 rings (SSSR count). The normalized spacial score (nSPS) is 10.0. The second kappa shape index (κ2) is 5.82. The quantitative estimate of drug-likeness (QED) is 0.679. The maximum Gasteiger partial charge on any atom is 0.119 e. The molecule has 2 heteroatoms. The second-order valence-electron chi connectivity index (χ2n) is 2.88. The highest BCUT2D eigenvalue weighted by Gasteiger charge is 1.92. The molecule has 0 heterocycles. The summed E-state index contributed by atoms with van der Waals surface area (Å²) >= 11 is 0. The molecule has 1 aromatic rings. The van der Waals surface area contributed by atoms with Crippen molar-refractivity contribution < 1.29 is 4.74 Å². The third-order valence-corrected chi connectivity index (χ3v) is 1.68. The lowest BCUT2D eigenvalue weighted by Gasteiger charge is -2.04. The van der Waals surface area contributed by atoms with Gasteiger partial charge in [-0.15, -0.1) is 0 Å². The Hall–Kier alpha value is -1.75. The Kier molecular flexibility index (Phi) is 4.30. The summed E-state index contributed by atoms with van der Waals surface area (Å²) < 4.78 is 5.46. The Morgan fingerprint density at radius 2 is 2.36 bits per heavy atom. The van der Waals surface area contributed by atoms with Crippen LogP contribution < -0.4 is 4.74 Å². The van der Waals surface area contributed by atoms with E-state index in [0.29, 0.717) is 0 Å². The summed E-state index contributed by atoms with van der Waals surface area (Å²) in [5.74, 6) is 0.854. The van der Waals surface area contributed by atoms with Crippen molar-refractivity contribution in [2.75, 3.05) is 6.61 Å². The molecule has 14 heavy (non-hydrogen) atoms. The van der Waals surface area contributed by atoms with Crippen molar-refractivity contribution in [3.05, 3.63) is 35.9 Å². The van der Waals surface area contributed by atoms with Crippen molar-refractivity contribution in [2.45, 2.75) is 13.3 Å². The Labute approximate surface area is 84.4 Å². The SMILES string of the molecule is CCCOc1cccc(C=CC#N)c1. The molecule has 0 N–H and O–H groups in total. The van der Waals surface area contributed by atoms with E-state index in [-0.39, 0.29) is 0 Å². The zero-order valence-corrected chi connectivity index (χ0v) is 8.23. The first-order valence-electron chi connectivity index (χ1n) is 4.66. The standard InChI is InChI=1S/C12H13NO/c1-2-9-14-12-7-3-5-11(10-12)6-4-8-13/h3-7,10H,2,9H2,1H3. The molecule has 0 aliphatic carbocycles. The second-order valence-corrected chi connectivity index (χ2v) is 2.88. The van der Waals surface area contributed by atoms with Crippen LogP contribution in [0.5, 0.6) is 5.75 Å². The molecule has 0 saturated heterocycles. The predicted octanol–water partition coefficient (Wildman–Crippen LogP) is 3.01. The van der Waals surface area contributed by atoms with Gasteiger partial charge < -0.3 is 4.74 Å². The summed E-state index contributed by atoms with van der Waals surface area (Å²) in [6.45, 7) is 2.80. The van der Waals surface area contributed by atoms with Crippen LogP contribution in [0.4, 0.5) is 0 Å². The van der Waals surface area contributed by atoms with Gasteiger partial charge in [0.15, 0.2) is 0 Å². The maximum absolute atomic E-state index is 8.37. The molecular formula is C12H13NO. The van der Waals surface area contributed by atoms with Crippen LogP contribution in [0.3, 0.4) is 0 Å². The number of hydrogen-bond donors (Lipinski definition) is 0. The smallest absolute Gasteiger partial charge is 0.119 e. The third-order valence-electron chi connectivity index (χ3n) is 1.68. The fourth-order valence-electron chi connectivity index (χ4n) is 1.06. The average Bonchev–Trinajstić information content (AvgIpc) is 2.24. The monoisotopic (exact) mass is 187 g/mol. The highest BCUT2D eigenvalue weighted by molar-refractivity contribution is 5.53. The van der Waals surface area contributed by atoms with Crippen molar-refractivity contribution in [1.82, 2.24) is 0 Å². The fraction of sp³-hybridized carbons (Fsp3) is 0.250. The van der Waals surface area contributed by atoms with Gasteiger partial charge in [0.05, 0.1) is 12.7 Å². The Balaban J connectivity index is 2.69. The summed E-state index contributed by atoms with van der Waals surface area (Å²) in [6, 6.07) is 9.65. The molecule has 0 fully saturated rings. The molecule has 72 valence electrons. The molecule has 0 atom stereocenters. The van der Waals surface area contributed by atoms with E-state index < -0.39 is 0 Å². The minimum Gasteiger partial charge on any atom is -0.494 e. The Morgan fingerprint density at radius 1 is 1.50 bits per heavy atom. The first-order valence-corrected chi connectivity index (χ1v) is 4.66. The molecule has 0 radical (unpaired) electrons. The van der Waals surface area contributed by atoms with E-state index >= 15 is 0 Å². The maximum atomic E-state index is 8.37. The molecule has 0 spiro atoms. The fourth-order valence-corrected chi connectivity index (χ4v) is 1.06. The number of nitrogens with zero attached hydrogens (tertiary/aromatic N) is 1. The molecule has 1 aromatic carbocycles. The summed E-state index contributed by atoms with van der Waals surface area (Å²) in [4.78, 5) is 0. The Bertz CT molecular complexity index is 350. The summed E-state index contributed by atoms with van der Waals surface area (Å²) in [6.07, 6.45) is 4.22. The number of ether oxygens (including phenoxy) is 1. The van der Waals surface area contributed by atoms with Crippen LogP contribution in [0.1, 0.15) is 18.9 Å². The summed E-state index contributed by atoms with van der Waals surface area (Å²) in [7, 11) is 0. The topological polar surface area (TPSA) is 33.0 Å². The first kappa shape index (κ1) is 10.3. The number of nitriles is 1. The number of hydrogen-bond acceptors (Lipinski definition) is 2. The van der Waals surface area contributed by atoms with Gasteiger partial charge >= 0.3 is 0 Å². The van der Waals surface area contributed by atoms with Crippen LogP contribution in [-0.4, -0.2) is 6.61 Å². The highest BCUT2D eigenvalue weighted by Crippen LogP contribution is 2.14. The molecule has 0 saturated carbocycles. The lowest BCUT2D eigenvalue weighted by atomic mass is 10.2. The van der Waals surface area contributed by atoms with Crippen LogP contribution in [0, 0.1) is 11.3 Å². The van der Waals surface area contributed by atoms with Crippen molar-refractivity contribution in [2.24, 2.45) is 0 Å². The first-order chi connectivity index (χ1) is 6.86. The summed E-state index contributed by atoms with van der Waals surface area (Å²) in [5, 5.41) is 8.37. The van der Waals surface area contributed by atoms with Crippen LogP contribution >= 0.6 is 0 Å². The lowest BCUT2D eigenvalue weighted by molar-refractivity contribution is 0.317. The van der Waals surface area contributed by atoms with Crippen molar-refractivity contribution >= 4 is 6.08 Å². The molecular weight excluding hydrogens is 174 g/mol. The van der Waals surface area contributed by atoms with E-state index in [4.69, 9.17) is 10.00 Å². The van der Waals surface area contributed by atoms with Gasteiger partial charge in [-0.2, -0.15) is 5.26 Å². The largest absolute Gasteiger partial charge is 0.494 e. The lowest BCUT2D eigenvalue weighted by Crippen LogP contribution is -1.94. The van der Waals surface area contributed by atoms with Crippen LogP contribution in [0.25, 0.3) is 6.08 Å². The van der Waals surface area contributed by atoms with Crippen molar-refractivity contribution in [1.29, 1.82) is 5.26 Å². The van der Waals surface area contributed by atoms with Gasteiger partial charge in [0.2, 0.25) is 0 Å². The van der Waals surface area contributed by atoms with Crippen LogP contribution in [-0.2, 0) is 0 Å². The van der Waals surface area contributed by atoms with E-state index in [0.717, 1.165) is 24.3 Å². The zero-order chi connectivity index (χ0) is 10.2. The zero-order valence-electron chi connectivity index (χ0n) is 8.23. The molecule has 2 nitrogen and oxygen atoms in total. The number of rotatable bonds is 4.